The predicted octanol–water partition coefficient (Wildman–Crippen LogP) is 8.05. The van der Waals surface area contributed by atoms with Gasteiger partial charge in [-0.1, -0.05) is 70.6 Å². The second-order valence-electron chi connectivity index (χ2n) is 12.3. The van der Waals surface area contributed by atoms with E-state index in [1.54, 1.807) is 0 Å². The quantitative estimate of drug-likeness (QED) is 0.508. The Balaban J connectivity index is 1.38. The molecule has 166 valence electrons. The SMILES string of the molecule is OC(C1CCCCC1)(C1CCC2(CCCCC2)CC1)C1CCCC2CCCCC21. The second-order valence-corrected chi connectivity index (χ2v) is 12.3. The Hall–Kier alpha value is -0.0400. The van der Waals surface area contributed by atoms with Crippen molar-refractivity contribution in [3.63, 3.8) is 0 Å². The lowest BCUT2D eigenvalue weighted by atomic mass is 9.51. The molecule has 5 aliphatic carbocycles. The number of fused-ring (bicyclic) bond motifs is 1. The first kappa shape index (κ1) is 20.8. The molecular formula is C28H48O. The van der Waals surface area contributed by atoms with Gasteiger partial charge in [-0.15, -0.1) is 0 Å². The highest BCUT2D eigenvalue weighted by Gasteiger charge is 2.55. The number of hydrogen-bond acceptors (Lipinski definition) is 1. The molecule has 0 radical (unpaired) electrons. The number of aliphatic hydroxyl groups is 1. The van der Waals surface area contributed by atoms with Crippen LogP contribution >= 0.6 is 0 Å². The topological polar surface area (TPSA) is 20.2 Å². The van der Waals surface area contributed by atoms with Gasteiger partial charge >= 0.3 is 0 Å². The van der Waals surface area contributed by atoms with Crippen LogP contribution in [0.1, 0.15) is 135 Å². The third kappa shape index (κ3) is 3.96. The van der Waals surface area contributed by atoms with Crippen LogP contribution in [-0.4, -0.2) is 10.7 Å². The van der Waals surface area contributed by atoms with Gasteiger partial charge in [-0.2, -0.15) is 0 Å². The van der Waals surface area contributed by atoms with Crippen molar-refractivity contribution >= 4 is 0 Å². The summed E-state index contributed by atoms with van der Waals surface area (Å²) in [5.41, 5.74) is 0.361. The van der Waals surface area contributed by atoms with Crippen LogP contribution in [0, 0.1) is 35.0 Å². The summed E-state index contributed by atoms with van der Waals surface area (Å²) in [4.78, 5) is 0. The largest absolute Gasteiger partial charge is 0.389 e. The van der Waals surface area contributed by atoms with E-state index in [2.05, 4.69) is 0 Å². The Morgan fingerprint density at radius 3 is 1.86 bits per heavy atom. The van der Waals surface area contributed by atoms with Gasteiger partial charge in [0.05, 0.1) is 5.60 Å². The van der Waals surface area contributed by atoms with Crippen molar-refractivity contribution in [2.45, 2.75) is 140 Å². The first-order chi connectivity index (χ1) is 14.2. The molecule has 1 nitrogen and oxygen atoms in total. The molecule has 0 aromatic heterocycles. The fraction of sp³-hybridized carbons (Fsp3) is 1.00. The van der Waals surface area contributed by atoms with Gasteiger partial charge in [0, 0.05) is 0 Å². The minimum absolute atomic E-state index is 0.322. The van der Waals surface area contributed by atoms with Crippen LogP contribution in [0.3, 0.4) is 0 Å². The van der Waals surface area contributed by atoms with Crippen LogP contribution in [-0.2, 0) is 0 Å². The summed E-state index contributed by atoms with van der Waals surface area (Å²) in [5.74, 6) is 3.67. The van der Waals surface area contributed by atoms with E-state index in [-0.39, 0.29) is 5.60 Å². The van der Waals surface area contributed by atoms with Crippen LogP contribution in [0.5, 0.6) is 0 Å². The second kappa shape index (κ2) is 8.84. The van der Waals surface area contributed by atoms with Crippen LogP contribution in [0.4, 0.5) is 0 Å². The third-order valence-electron chi connectivity index (χ3n) is 11.0. The Morgan fingerprint density at radius 1 is 0.517 bits per heavy atom. The van der Waals surface area contributed by atoms with Crippen LogP contribution < -0.4 is 0 Å². The minimum atomic E-state index is -0.322. The van der Waals surface area contributed by atoms with E-state index in [1.807, 2.05) is 0 Å². The summed E-state index contributed by atoms with van der Waals surface area (Å²) < 4.78 is 0. The number of hydrogen-bond donors (Lipinski definition) is 1. The lowest BCUT2D eigenvalue weighted by Gasteiger charge is -2.57. The molecule has 0 aromatic carbocycles. The average molecular weight is 401 g/mol. The fourth-order valence-electron chi connectivity index (χ4n) is 9.51. The minimum Gasteiger partial charge on any atom is -0.389 e. The maximum absolute atomic E-state index is 12.8. The van der Waals surface area contributed by atoms with Gasteiger partial charge in [0.25, 0.3) is 0 Å². The molecular weight excluding hydrogens is 352 g/mol. The zero-order valence-corrected chi connectivity index (χ0v) is 19.2. The zero-order chi connectivity index (χ0) is 19.7. The highest BCUT2D eigenvalue weighted by molar-refractivity contribution is 5.05. The summed E-state index contributed by atoms with van der Waals surface area (Å²) >= 11 is 0. The molecule has 0 bridgehead atoms. The molecule has 0 amide bonds. The summed E-state index contributed by atoms with van der Waals surface area (Å²) in [6, 6.07) is 0. The van der Waals surface area contributed by atoms with Gasteiger partial charge in [-0.05, 0) is 99.2 Å². The third-order valence-corrected chi connectivity index (χ3v) is 11.0. The summed E-state index contributed by atoms with van der Waals surface area (Å²) in [6.07, 6.45) is 29.8. The molecule has 0 aliphatic heterocycles. The number of rotatable bonds is 3. The Kier molecular flexibility index (Phi) is 6.35. The van der Waals surface area contributed by atoms with E-state index in [0.29, 0.717) is 23.2 Å². The Morgan fingerprint density at radius 2 is 1.10 bits per heavy atom. The molecule has 0 aromatic rings. The van der Waals surface area contributed by atoms with Gasteiger partial charge in [0.15, 0.2) is 0 Å². The van der Waals surface area contributed by atoms with E-state index in [4.69, 9.17) is 0 Å². The van der Waals surface area contributed by atoms with Crippen LogP contribution in [0.15, 0.2) is 0 Å². The van der Waals surface area contributed by atoms with E-state index >= 15 is 0 Å². The lowest BCUT2D eigenvalue weighted by molar-refractivity contribution is -0.173. The van der Waals surface area contributed by atoms with Crippen molar-refractivity contribution in [1.29, 1.82) is 0 Å². The van der Waals surface area contributed by atoms with Gasteiger partial charge < -0.3 is 5.11 Å². The molecule has 4 atom stereocenters. The molecule has 5 saturated carbocycles. The maximum atomic E-state index is 12.8. The van der Waals surface area contributed by atoms with Crippen molar-refractivity contribution in [3.05, 3.63) is 0 Å². The van der Waals surface area contributed by atoms with Gasteiger partial charge in [-0.25, -0.2) is 0 Å². The smallest absolute Gasteiger partial charge is 0.0734 e. The summed E-state index contributed by atoms with van der Waals surface area (Å²) in [7, 11) is 0. The lowest BCUT2D eigenvalue weighted by Crippen LogP contribution is -2.57. The van der Waals surface area contributed by atoms with Crippen molar-refractivity contribution < 1.29 is 5.11 Å². The first-order valence-electron chi connectivity index (χ1n) is 13.9. The van der Waals surface area contributed by atoms with E-state index in [1.165, 1.54) is 135 Å². The maximum Gasteiger partial charge on any atom is 0.0734 e. The Bertz CT molecular complexity index is 516. The average Bonchev–Trinajstić information content (AvgIpc) is 2.80. The summed E-state index contributed by atoms with van der Waals surface area (Å²) in [6.45, 7) is 0. The fourth-order valence-corrected chi connectivity index (χ4v) is 9.51. The Labute approximate surface area is 180 Å². The normalized spacial score (nSPS) is 39.0. The summed E-state index contributed by atoms with van der Waals surface area (Å²) in [5, 5.41) is 12.8. The molecule has 4 unspecified atom stereocenters. The van der Waals surface area contributed by atoms with Crippen molar-refractivity contribution in [1.82, 2.24) is 0 Å². The van der Waals surface area contributed by atoms with E-state index in [0.717, 1.165) is 11.8 Å². The van der Waals surface area contributed by atoms with Crippen LogP contribution in [0.2, 0.25) is 0 Å². The zero-order valence-electron chi connectivity index (χ0n) is 19.2. The van der Waals surface area contributed by atoms with E-state index in [9.17, 15) is 5.11 Å². The molecule has 0 heterocycles. The van der Waals surface area contributed by atoms with Crippen molar-refractivity contribution in [3.8, 4) is 0 Å². The van der Waals surface area contributed by atoms with Gasteiger partial charge in [0.2, 0.25) is 0 Å². The van der Waals surface area contributed by atoms with Crippen molar-refractivity contribution in [2.24, 2.45) is 35.0 Å². The molecule has 5 aliphatic rings. The monoisotopic (exact) mass is 400 g/mol. The standard InChI is InChI=1S/C28H48O/c29-28(23-12-3-1-4-13-23,26-15-9-11-22-10-5-6-14-25(22)26)24-16-20-27(21-17-24)18-7-2-8-19-27/h22-26,29H,1-21H2. The highest BCUT2D eigenvalue weighted by atomic mass is 16.3. The predicted molar refractivity (Wildman–Crippen MR) is 122 cm³/mol. The van der Waals surface area contributed by atoms with Gasteiger partial charge in [-0.3, -0.25) is 0 Å². The van der Waals surface area contributed by atoms with Gasteiger partial charge in [0.1, 0.15) is 0 Å². The molecule has 5 rings (SSSR count). The molecule has 1 heteroatoms. The molecule has 5 fully saturated rings. The van der Waals surface area contributed by atoms with Crippen molar-refractivity contribution in [2.75, 3.05) is 0 Å². The first-order valence-corrected chi connectivity index (χ1v) is 13.9. The molecule has 0 saturated heterocycles. The molecule has 29 heavy (non-hydrogen) atoms. The molecule has 1 spiro atoms. The van der Waals surface area contributed by atoms with Crippen LogP contribution in [0.25, 0.3) is 0 Å². The molecule has 1 N–H and O–H groups in total. The highest BCUT2D eigenvalue weighted by Crippen LogP contribution is 2.58. The van der Waals surface area contributed by atoms with E-state index < -0.39 is 0 Å².